The molecule has 0 saturated heterocycles. The highest BCUT2D eigenvalue weighted by atomic mass is 31.2. The third kappa shape index (κ3) is 67.0. The molecule has 0 heterocycles. The van der Waals surface area contributed by atoms with Gasteiger partial charge in [0.05, 0.1) is 26.4 Å². The predicted octanol–water partition coefficient (Wildman–Crippen LogP) is 21.6. The molecule has 0 saturated carbocycles. The van der Waals surface area contributed by atoms with Gasteiger partial charge in [0.1, 0.15) is 19.3 Å². The Labute approximate surface area is 568 Å². The summed E-state index contributed by atoms with van der Waals surface area (Å²) in [6, 6.07) is 0. The molecule has 552 valence electrons. The van der Waals surface area contributed by atoms with Gasteiger partial charge in [0.2, 0.25) is 0 Å². The molecule has 0 amide bonds. The van der Waals surface area contributed by atoms with Crippen molar-refractivity contribution >= 4 is 39.5 Å². The molecule has 0 aromatic carbocycles. The van der Waals surface area contributed by atoms with Crippen LogP contribution in [-0.4, -0.2) is 96.7 Å². The van der Waals surface area contributed by atoms with E-state index in [9.17, 15) is 43.2 Å². The Hall–Kier alpha value is -1.94. The lowest BCUT2D eigenvalue weighted by Gasteiger charge is -2.21. The lowest BCUT2D eigenvalue weighted by Crippen LogP contribution is -2.30. The molecular formula is C74H144O17P2. The lowest BCUT2D eigenvalue weighted by molar-refractivity contribution is -0.161. The monoisotopic (exact) mass is 1370 g/mol. The topological polar surface area (TPSA) is 237 Å². The van der Waals surface area contributed by atoms with Crippen LogP contribution in [0.25, 0.3) is 0 Å². The first-order chi connectivity index (χ1) is 44.9. The summed E-state index contributed by atoms with van der Waals surface area (Å²) >= 11 is 0. The smallest absolute Gasteiger partial charge is 0.462 e. The normalized spacial score (nSPS) is 14.3. The molecule has 0 fully saturated rings. The Morgan fingerprint density at radius 2 is 0.548 bits per heavy atom. The van der Waals surface area contributed by atoms with Gasteiger partial charge in [-0.2, -0.15) is 0 Å². The van der Waals surface area contributed by atoms with E-state index in [-0.39, 0.29) is 25.7 Å². The summed E-state index contributed by atoms with van der Waals surface area (Å²) in [6.45, 7) is 9.56. The van der Waals surface area contributed by atoms with Crippen LogP contribution in [0.5, 0.6) is 0 Å². The second-order valence-electron chi connectivity index (χ2n) is 27.4. The van der Waals surface area contributed by atoms with Crippen molar-refractivity contribution in [2.75, 3.05) is 39.6 Å². The van der Waals surface area contributed by atoms with Gasteiger partial charge in [0.25, 0.3) is 0 Å². The third-order valence-corrected chi connectivity index (χ3v) is 19.5. The highest BCUT2D eigenvalue weighted by Gasteiger charge is 2.30. The molecule has 0 aliphatic carbocycles. The van der Waals surface area contributed by atoms with Crippen LogP contribution in [-0.2, 0) is 65.4 Å². The Bertz CT molecular complexity index is 1810. The van der Waals surface area contributed by atoms with Crippen molar-refractivity contribution in [1.29, 1.82) is 0 Å². The molecule has 0 spiro atoms. The fourth-order valence-electron chi connectivity index (χ4n) is 11.3. The van der Waals surface area contributed by atoms with E-state index >= 15 is 0 Å². The number of phosphoric acid groups is 2. The Balaban J connectivity index is 5.11. The summed E-state index contributed by atoms with van der Waals surface area (Å²) in [5, 5.41) is 10.6. The van der Waals surface area contributed by atoms with E-state index in [0.29, 0.717) is 25.7 Å². The highest BCUT2D eigenvalue weighted by molar-refractivity contribution is 7.47. The van der Waals surface area contributed by atoms with Crippen molar-refractivity contribution in [2.45, 2.75) is 400 Å². The van der Waals surface area contributed by atoms with Crippen LogP contribution in [0.3, 0.4) is 0 Å². The molecule has 93 heavy (non-hydrogen) atoms. The first kappa shape index (κ1) is 91.1. The van der Waals surface area contributed by atoms with Gasteiger partial charge in [-0.25, -0.2) is 9.13 Å². The zero-order valence-corrected chi connectivity index (χ0v) is 62.3. The average molecular weight is 1370 g/mol. The maximum atomic E-state index is 13.1. The van der Waals surface area contributed by atoms with Crippen molar-refractivity contribution in [3.63, 3.8) is 0 Å². The van der Waals surface area contributed by atoms with E-state index in [1.54, 1.807) is 0 Å². The van der Waals surface area contributed by atoms with Gasteiger partial charge in [0.15, 0.2) is 12.2 Å². The van der Waals surface area contributed by atoms with Crippen LogP contribution in [0.4, 0.5) is 0 Å². The quantitative estimate of drug-likeness (QED) is 0.0222. The van der Waals surface area contributed by atoms with Gasteiger partial charge < -0.3 is 33.8 Å². The second-order valence-corrected chi connectivity index (χ2v) is 30.3. The summed E-state index contributed by atoms with van der Waals surface area (Å²) < 4.78 is 68.2. The number of aliphatic hydroxyl groups excluding tert-OH is 1. The van der Waals surface area contributed by atoms with Crippen LogP contribution in [0, 0.1) is 11.8 Å². The summed E-state index contributed by atoms with van der Waals surface area (Å²) in [5.41, 5.74) is 0. The molecule has 6 atom stereocenters. The Kier molecular flexibility index (Phi) is 64.6. The van der Waals surface area contributed by atoms with Gasteiger partial charge in [0, 0.05) is 25.7 Å². The molecule has 0 rings (SSSR count). The van der Waals surface area contributed by atoms with Gasteiger partial charge in [-0.15, -0.1) is 0 Å². The van der Waals surface area contributed by atoms with Crippen LogP contribution in [0.2, 0.25) is 0 Å². The summed E-state index contributed by atoms with van der Waals surface area (Å²) in [7, 11) is -9.89. The van der Waals surface area contributed by atoms with E-state index in [1.165, 1.54) is 193 Å². The van der Waals surface area contributed by atoms with Crippen LogP contribution in [0.15, 0.2) is 0 Å². The van der Waals surface area contributed by atoms with Crippen molar-refractivity contribution in [3.8, 4) is 0 Å². The first-order valence-electron chi connectivity index (χ1n) is 38.5. The number of esters is 4. The molecular weight excluding hydrogens is 1220 g/mol. The fraction of sp³-hybridized carbons (Fsp3) is 0.946. The molecule has 0 radical (unpaired) electrons. The number of unbranched alkanes of at least 4 members (excludes halogenated alkanes) is 42. The predicted molar refractivity (Wildman–Crippen MR) is 377 cm³/mol. The highest BCUT2D eigenvalue weighted by Crippen LogP contribution is 2.45. The van der Waals surface area contributed by atoms with Crippen LogP contribution >= 0.6 is 15.6 Å². The molecule has 3 unspecified atom stereocenters. The molecule has 17 nitrogen and oxygen atoms in total. The van der Waals surface area contributed by atoms with Crippen molar-refractivity contribution in [1.82, 2.24) is 0 Å². The standard InChI is InChI=1S/C74H144O17P2/c1-7-10-12-14-15-16-27-35-40-46-52-58-73(78)90-69(62-84-71(76)56-50-42-13-11-8-2)64-88-92(80,81)86-60-68(75)61-87-93(82,83)89-65-70(63-85-72(77)57-51-45-39-34-30-26-25-28-32-37-43-48-54-66(4)5)91-74(79)59-53-47-41-36-31-24-22-20-18-17-19-21-23-29-33-38-44-49-55-67(6)9-3/h66-70,75H,7-65H2,1-6H3,(H,80,81)(H,82,83)/t67?,68-,69+,70+/m0/s1. The van der Waals surface area contributed by atoms with E-state index in [4.69, 9.17) is 37.0 Å². The van der Waals surface area contributed by atoms with Gasteiger partial charge in [-0.1, -0.05) is 330 Å². The Morgan fingerprint density at radius 3 is 0.817 bits per heavy atom. The van der Waals surface area contributed by atoms with Crippen molar-refractivity contribution in [3.05, 3.63) is 0 Å². The summed E-state index contributed by atoms with van der Waals surface area (Å²) in [4.78, 5) is 72.4. The van der Waals surface area contributed by atoms with E-state index < -0.39 is 97.5 Å². The molecule has 0 aliphatic rings. The molecule has 0 aromatic heterocycles. The maximum absolute atomic E-state index is 13.1. The number of hydrogen-bond acceptors (Lipinski definition) is 15. The third-order valence-electron chi connectivity index (χ3n) is 17.6. The number of carbonyl (C=O) groups is 4. The number of hydrogen-bond donors (Lipinski definition) is 3. The molecule has 19 heteroatoms. The zero-order chi connectivity index (χ0) is 68.6. The second kappa shape index (κ2) is 66.0. The number of rotatable bonds is 73. The van der Waals surface area contributed by atoms with Gasteiger partial charge in [-0.3, -0.25) is 37.3 Å². The van der Waals surface area contributed by atoms with Crippen molar-refractivity contribution < 1.29 is 80.2 Å². The lowest BCUT2D eigenvalue weighted by atomic mass is 9.99. The number of ether oxygens (including phenoxy) is 4. The summed E-state index contributed by atoms with van der Waals surface area (Å²) in [5.74, 6) is -0.477. The molecule has 0 aliphatic heterocycles. The van der Waals surface area contributed by atoms with Crippen molar-refractivity contribution in [2.24, 2.45) is 11.8 Å². The van der Waals surface area contributed by atoms with E-state index in [0.717, 1.165) is 108 Å². The molecule has 0 bridgehead atoms. The molecule has 0 aromatic rings. The summed E-state index contributed by atoms with van der Waals surface area (Å²) in [6.07, 6.45) is 53.1. The number of carbonyl (C=O) groups excluding carboxylic acids is 4. The number of aliphatic hydroxyl groups is 1. The van der Waals surface area contributed by atoms with Gasteiger partial charge >= 0.3 is 39.5 Å². The average Bonchev–Trinajstić information content (AvgIpc) is 1.71. The SMILES string of the molecule is CCCCCCCCCCCCCC(=O)O[C@H](COC(=O)CCCCCCC)COP(=O)(O)OC[C@H](O)COP(=O)(O)OC[C@@H](COC(=O)CCCCCCCCCCCCCCC(C)C)OC(=O)CCCCCCCCCCCCCCCCCCCCC(C)CC. The number of phosphoric ester groups is 2. The fourth-order valence-corrected chi connectivity index (χ4v) is 12.8. The minimum atomic E-state index is -4.95. The maximum Gasteiger partial charge on any atom is 0.472 e. The van der Waals surface area contributed by atoms with E-state index in [2.05, 4.69) is 41.5 Å². The minimum absolute atomic E-state index is 0.106. The minimum Gasteiger partial charge on any atom is -0.462 e. The van der Waals surface area contributed by atoms with Crippen LogP contribution < -0.4 is 0 Å². The zero-order valence-electron chi connectivity index (χ0n) is 60.6. The Morgan fingerprint density at radius 1 is 0.312 bits per heavy atom. The van der Waals surface area contributed by atoms with E-state index in [1.807, 2.05) is 0 Å². The first-order valence-corrected chi connectivity index (χ1v) is 41.5. The largest absolute Gasteiger partial charge is 0.472 e. The van der Waals surface area contributed by atoms with Crippen LogP contribution in [0.1, 0.15) is 382 Å². The van der Waals surface area contributed by atoms with Gasteiger partial charge in [-0.05, 0) is 37.5 Å². The molecule has 3 N–H and O–H groups in total.